The zero-order valence-electron chi connectivity index (χ0n) is 16.0. The molecule has 8 nitrogen and oxygen atoms in total. The molecular weight excluding hydrogens is 394 g/mol. The Morgan fingerprint density at radius 3 is 2.83 bits per heavy atom. The van der Waals surface area contributed by atoms with Gasteiger partial charge in [-0.25, -0.2) is 13.4 Å². The smallest absolute Gasteiger partial charge is 0.312 e. The number of benzene rings is 1. The third-order valence-corrected chi connectivity index (χ3v) is 8.17. The monoisotopic (exact) mass is 417 g/mol. The molecule has 3 aliphatic rings. The highest BCUT2D eigenvalue weighted by Gasteiger charge is 2.51. The molecule has 1 unspecified atom stereocenters. The molecule has 0 amide bonds. The van der Waals surface area contributed by atoms with Gasteiger partial charge in [-0.1, -0.05) is 0 Å². The van der Waals surface area contributed by atoms with E-state index in [1.54, 1.807) is 30.7 Å². The van der Waals surface area contributed by atoms with E-state index in [0.717, 1.165) is 17.7 Å². The molecule has 5 rings (SSSR count). The molecule has 0 radical (unpaired) electrons. The van der Waals surface area contributed by atoms with Gasteiger partial charge in [0.2, 0.25) is 10.0 Å². The number of hydrogen-bond donors (Lipinski definition) is 0. The maximum Gasteiger partial charge on any atom is 0.312 e. The molecule has 9 heteroatoms. The first-order chi connectivity index (χ1) is 14.0. The number of fused-ring (bicyclic) bond motifs is 1. The van der Waals surface area contributed by atoms with Crippen molar-refractivity contribution in [1.29, 1.82) is 0 Å². The van der Waals surface area contributed by atoms with Crippen molar-refractivity contribution in [2.45, 2.75) is 43.2 Å². The minimum absolute atomic E-state index is 0.198. The molecule has 0 N–H and O–H groups in total. The summed E-state index contributed by atoms with van der Waals surface area (Å²) >= 11 is 0. The van der Waals surface area contributed by atoms with E-state index in [-0.39, 0.29) is 12.1 Å². The number of carbonyl (C=O) groups excluding carboxylic acids is 1. The van der Waals surface area contributed by atoms with Crippen molar-refractivity contribution in [1.82, 2.24) is 13.9 Å². The lowest BCUT2D eigenvalue weighted by Crippen LogP contribution is -2.45. The molecule has 154 valence electrons. The lowest BCUT2D eigenvalue weighted by atomic mass is 9.76. The minimum Gasteiger partial charge on any atom is -0.493 e. The summed E-state index contributed by atoms with van der Waals surface area (Å²) in [7, 11) is -3.59. The van der Waals surface area contributed by atoms with Crippen LogP contribution in [0.4, 0.5) is 0 Å². The Morgan fingerprint density at radius 2 is 2.07 bits per heavy atom. The van der Waals surface area contributed by atoms with Gasteiger partial charge in [0, 0.05) is 38.3 Å². The number of imidazole rings is 1. The molecule has 0 bridgehead atoms. The fourth-order valence-corrected chi connectivity index (χ4v) is 6.10. The summed E-state index contributed by atoms with van der Waals surface area (Å²) in [5.74, 6) is 0.563. The SMILES string of the molecule is O=C1OC(Cn2ccnc2)CC12CCN(S(=O)(=O)c1ccc3c(c1)CCO3)CC2. The van der Waals surface area contributed by atoms with Crippen LogP contribution < -0.4 is 4.74 Å². The van der Waals surface area contributed by atoms with Gasteiger partial charge < -0.3 is 14.0 Å². The van der Waals surface area contributed by atoms with E-state index in [1.807, 2.05) is 10.8 Å². The first-order valence-electron chi connectivity index (χ1n) is 9.89. The summed E-state index contributed by atoms with van der Waals surface area (Å²) in [6.07, 6.45) is 7.36. The van der Waals surface area contributed by atoms with Crippen molar-refractivity contribution in [2.75, 3.05) is 19.7 Å². The van der Waals surface area contributed by atoms with Gasteiger partial charge in [0.05, 0.1) is 29.8 Å². The fraction of sp³-hybridized carbons (Fsp3) is 0.500. The molecule has 2 saturated heterocycles. The summed E-state index contributed by atoms with van der Waals surface area (Å²) in [6, 6.07) is 5.05. The Labute approximate surface area is 169 Å². The van der Waals surface area contributed by atoms with E-state index in [9.17, 15) is 13.2 Å². The van der Waals surface area contributed by atoms with Crippen LogP contribution in [0.3, 0.4) is 0 Å². The summed E-state index contributed by atoms with van der Waals surface area (Å²) < 4.78 is 40.7. The van der Waals surface area contributed by atoms with Crippen LogP contribution in [0.5, 0.6) is 5.75 Å². The predicted molar refractivity (Wildman–Crippen MR) is 103 cm³/mol. The Bertz CT molecular complexity index is 1030. The zero-order valence-corrected chi connectivity index (χ0v) is 16.8. The van der Waals surface area contributed by atoms with Gasteiger partial charge in [-0.3, -0.25) is 4.79 Å². The number of carbonyl (C=O) groups is 1. The Hall–Kier alpha value is -2.39. The van der Waals surface area contributed by atoms with Crippen LogP contribution in [0, 0.1) is 5.41 Å². The topological polar surface area (TPSA) is 90.7 Å². The van der Waals surface area contributed by atoms with Gasteiger partial charge in [0.1, 0.15) is 11.9 Å². The highest BCUT2D eigenvalue weighted by atomic mass is 32.2. The van der Waals surface area contributed by atoms with Gasteiger partial charge in [-0.05, 0) is 36.6 Å². The largest absolute Gasteiger partial charge is 0.493 e. The van der Waals surface area contributed by atoms with Crippen molar-refractivity contribution in [3.8, 4) is 5.75 Å². The van der Waals surface area contributed by atoms with Gasteiger partial charge in [0.15, 0.2) is 0 Å². The van der Waals surface area contributed by atoms with Crippen LogP contribution in [-0.4, -0.2) is 54.0 Å². The number of esters is 1. The van der Waals surface area contributed by atoms with E-state index < -0.39 is 15.4 Å². The molecular formula is C20H23N3O5S. The number of nitrogens with zero attached hydrogens (tertiary/aromatic N) is 3. The summed E-state index contributed by atoms with van der Waals surface area (Å²) in [4.78, 5) is 16.9. The molecule has 1 aromatic carbocycles. The number of sulfonamides is 1. The Morgan fingerprint density at radius 1 is 1.24 bits per heavy atom. The van der Waals surface area contributed by atoms with Gasteiger partial charge in [-0.15, -0.1) is 0 Å². The Kier molecular flexibility index (Phi) is 4.40. The van der Waals surface area contributed by atoms with E-state index in [0.29, 0.717) is 50.4 Å². The van der Waals surface area contributed by atoms with E-state index in [4.69, 9.17) is 9.47 Å². The number of cyclic esters (lactones) is 1. The van der Waals surface area contributed by atoms with E-state index in [1.165, 1.54) is 4.31 Å². The second kappa shape index (κ2) is 6.84. The molecule has 0 saturated carbocycles. The fourth-order valence-electron chi connectivity index (χ4n) is 4.60. The number of hydrogen-bond acceptors (Lipinski definition) is 6. The maximum atomic E-state index is 13.1. The molecule has 1 aromatic heterocycles. The van der Waals surface area contributed by atoms with Crippen LogP contribution in [0.25, 0.3) is 0 Å². The third kappa shape index (κ3) is 3.22. The molecule has 29 heavy (non-hydrogen) atoms. The van der Waals surface area contributed by atoms with Gasteiger partial charge in [0.25, 0.3) is 0 Å². The van der Waals surface area contributed by atoms with Crippen molar-refractivity contribution in [2.24, 2.45) is 5.41 Å². The Balaban J connectivity index is 1.28. The van der Waals surface area contributed by atoms with Crippen molar-refractivity contribution >= 4 is 16.0 Å². The highest BCUT2D eigenvalue weighted by Crippen LogP contribution is 2.44. The molecule has 2 fully saturated rings. The summed E-state index contributed by atoms with van der Waals surface area (Å²) in [5, 5.41) is 0. The van der Waals surface area contributed by atoms with Crippen LogP contribution in [0.1, 0.15) is 24.8 Å². The predicted octanol–water partition coefficient (Wildman–Crippen LogP) is 1.60. The van der Waals surface area contributed by atoms with Crippen molar-refractivity contribution < 1.29 is 22.7 Å². The second-order valence-electron chi connectivity index (χ2n) is 8.04. The van der Waals surface area contributed by atoms with Crippen molar-refractivity contribution in [3.63, 3.8) is 0 Å². The average molecular weight is 417 g/mol. The quantitative estimate of drug-likeness (QED) is 0.702. The molecule has 4 heterocycles. The average Bonchev–Trinajstić information content (AvgIpc) is 3.44. The summed E-state index contributed by atoms with van der Waals surface area (Å²) in [6.45, 7) is 1.81. The number of piperidine rings is 1. The summed E-state index contributed by atoms with van der Waals surface area (Å²) in [5.41, 5.74) is 0.351. The van der Waals surface area contributed by atoms with Crippen LogP contribution in [-0.2, 0) is 32.5 Å². The van der Waals surface area contributed by atoms with Crippen molar-refractivity contribution in [3.05, 3.63) is 42.5 Å². The number of ether oxygens (including phenoxy) is 2. The van der Waals surface area contributed by atoms with Gasteiger partial charge >= 0.3 is 5.97 Å². The first kappa shape index (κ1) is 18.6. The maximum absolute atomic E-state index is 13.1. The highest BCUT2D eigenvalue weighted by molar-refractivity contribution is 7.89. The van der Waals surface area contributed by atoms with Crippen LogP contribution >= 0.6 is 0 Å². The molecule has 0 aliphatic carbocycles. The third-order valence-electron chi connectivity index (χ3n) is 6.28. The van der Waals surface area contributed by atoms with E-state index in [2.05, 4.69) is 4.98 Å². The second-order valence-corrected chi connectivity index (χ2v) is 9.98. The van der Waals surface area contributed by atoms with E-state index >= 15 is 0 Å². The number of aromatic nitrogens is 2. The zero-order chi connectivity index (χ0) is 20.1. The molecule has 1 spiro atoms. The van der Waals surface area contributed by atoms with Crippen LogP contribution in [0.15, 0.2) is 41.8 Å². The number of rotatable bonds is 4. The molecule has 3 aliphatic heterocycles. The standard InChI is InChI=1S/C20H23N3O5S/c24-19-20(12-16(28-19)13-22-9-6-21-14-22)4-7-23(8-5-20)29(25,26)17-1-2-18-15(11-17)3-10-27-18/h1-2,6,9,11,14,16H,3-5,7-8,10,12-13H2. The van der Waals surface area contributed by atoms with Crippen LogP contribution in [0.2, 0.25) is 0 Å². The lowest BCUT2D eigenvalue weighted by Gasteiger charge is -2.35. The van der Waals surface area contributed by atoms with Gasteiger partial charge in [-0.2, -0.15) is 4.31 Å². The minimum atomic E-state index is -3.59. The molecule has 1 atom stereocenters. The normalized spacial score (nSPS) is 23.7. The first-order valence-corrected chi connectivity index (χ1v) is 11.3. The molecule has 2 aromatic rings. The lowest BCUT2D eigenvalue weighted by molar-refractivity contribution is -0.150.